The van der Waals surface area contributed by atoms with Crippen molar-refractivity contribution in [3.8, 4) is 11.3 Å². The van der Waals surface area contributed by atoms with Crippen molar-refractivity contribution < 1.29 is 14.3 Å². The summed E-state index contributed by atoms with van der Waals surface area (Å²) in [5, 5.41) is 13.0. The standard InChI is InChI=1S/C18H22ClNO3/c1-11(2)8-16(18(21)22)20-10-14-6-7-17(23-14)13-5-4-12(3)15(19)9-13/h4-7,9,11,16,20H,8,10H2,1-3H3,(H,21,22). The number of aryl methyl sites for hydroxylation is 1. The van der Waals surface area contributed by atoms with Crippen molar-refractivity contribution in [2.24, 2.45) is 5.92 Å². The zero-order valence-corrected chi connectivity index (χ0v) is 14.4. The molecule has 1 unspecified atom stereocenters. The summed E-state index contributed by atoms with van der Waals surface area (Å²) in [6, 6.07) is 8.92. The number of hydrogen-bond acceptors (Lipinski definition) is 3. The first kappa shape index (κ1) is 17.6. The molecule has 2 N–H and O–H groups in total. The maximum atomic E-state index is 11.2. The fraction of sp³-hybridized carbons (Fsp3) is 0.389. The first-order valence-electron chi connectivity index (χ1n) is 7.68. The van der Waals surface area contributed by atoms with E-state index in [9.17, 15) is 9.90 Å². The Labute approximate surface area is 141 Å². The summed E-state index contributed by atoms with van der Waals surface area (Å²) in [5.74, 6) is 0.896. The lowest BCUT2D eigenvalue weighted by Gasteiger charge is -2.15. The molecule has 0 radical (unpaired) electrons. The summed E-state index contributed by atoms with van der Waals surface area (Å²) in [6.45, 7) is 6.33. The van der Waals surface area contributed by atoms with Gasteiger partial charge in [0.15, 0.2) is 0 Å². The smallest absolute Gasteiger partial charge is 0.320 e. The molecule has 0 spiro atoms. The van der Waals surface area contributed by atoms with Crippen molar-refractivity contribution in [2.45, 2.75) is 39.8 Å². The van der Waals surface area contributed by atoms with Crippen molar-refractivity contribution in [3.63, 3.8) is 0 Å². The van der Waals surface area contributed by atoms with Crippen LogP contribution in [0.4, 0.5) is 0 Å². The van der Waals surface area contributed by atoms with E-state index in [1.807, 2.05) is 51.1 Å². The van der Waals surface area contributed by atoms with Gasteiger partial charge in [0.2, 0.25) is 0 Å². The molecular weight excluding hydrogens is 314 g/mol. The summed E-state index contributed by atoms with van der Waals surface area (Å²) >= 11 is 6.14. The third kappa shape index (κ3) is 4.85. The number of halogens is 1. The average molecular weight is 336 g/mol. The van der Waals surface area contributed by atoms with Crippen LogP contribution in [0.3, 0.4) is 0 Å². The summed E-state index contributed by atoms with van der Waals surface area (Å²) in [4.78, 5) is 11.2. The number of carboxylic acids is 1. The molecule has 0 fully saturated rings. The maximum Gasteiger partial charge on any atom is 0.320 e. The van der Waals surface area contributed by atoms with E-state index in [0.717, 1.165) is 16.9 Å². The van der Waals surface area contributed by atoms with E-state index >= 15 is 0 Å². The number of aliphatic carboxylic acids is 1. The summed E-state index contributed by atoms with van der Waals surface area (Å²) in [7, 11) is 0. The molecule has 0 aliphatic rings. The van der Waals surface area contributed by atoms with Crippen molar-refractivity contribution >= 4 is 17.6 Å². The minimum absolute atomic E-state index is 0.311. The Morgan fingerprint density at radius 3 is 2.65 bits per heavy atom. The van der Waals surface area contributed by atoms with Gasteiger partial charge in [-0.05, 0) is 43.0 Å². The maximum absolute atomic E-state index is 11.2. The van der Waals surface area contributed by atoms with Gasteiger partial charge in [-0.3, -0.25) is 10.1 Å². The van der Waals surface area contributed by atoms with Crippen LogP contribution in [-0.2, 0) is 11.3 Å². The van der Waals surface area contributed by atoms with Gasteiger partial charge in [0, 0.05) is 10.6 Å². The normalized spacial score (nSPS) is 12.6. The van der Waals surface area contributed by atoms with Gasteiger partial charge in [0.1, 0.15) is 17.6 Å². The van der Waals surface area contributed by atoms with Crippen molar-refractivity contribution in [1.82, 2.24) is 5.32 Å². The highest BCUT2D eigenvalue weighted by molar-refractivity contribution is 6.31. The second kappa shape index (κ2) is 7.66. The van der Waals surface area contributed by atoms with Crippen molar-refractivity contribution in [2.75, 3.05) is 0 Å². The SMILES string of the molecule is Cc1ccc(-c2ccc(CNC(CC(C)C)C(=O)O)o2)cc1Cl. The number of carboxylic acid groups (broad SMARTS) is 1. The zero-order chi connectivity index (χ0) is 17.0. The minimum atomic E-state index is -0.837. The first-order valence-corrected chi connectivity index (χ1v) is 8.06. The molecule has 1 aromatic carbocycles. The van der Waals surface area contributed by atoms with Crippen LogP contribution in [0.25, 0.3) is 11.3 Å². The zero-order valence-electron chi connectivity index (χ0n) is 13.6. The Morgan fingerprint density at radius 2 is 2.04 bits per heavy atom. The molecule has 2 rings (SSSR count). The molecule has 23 heavy (non-hydrogen) atoms. The molecule has 0 saturated carbocycles. The molecule has 1 aromatic heterocycles. The predicted molar refractivity (Wildman–Crippen MR) is 91.6 cm³/mol. The first-order chi connectivity index (χ1) is 10.9. The van der Waals surface area contributed by atoms with E-state index in [-0.39, 0.29) is 0 Å². The number of furan rings is 1. The minimum Gasteiger partial charge on any atom is -0.480 e. The molecule has 0 bridgehead atoms. The highest BCUT2D eigenvalue weighted by Gasteiger charge is 2.18. The van der Waals surface area contributed by atoms with E-state index in [2.05, 4.69) is 5.32 Å². The Morgan fingerprint density at radius 1 is 1.30 bits per heavy atom. The predicted octanol–water partition coefficient (Wildman–Crippen LogP) is 4.50. The van der Waals surface area contributed by atoms with Crippen molar-refractivity contribution in [1.29, 1.82) is 0 Å². The van der Waals surface area contributed by atoms with E-state index in [1.54, 1.807) is 0 Å². The van der Waals surface area contributed by atoms with Gasteiger partial charge in [-0.1, -0.05) is 37.6 Å². The molecule has 4 nitrogen and oxygen atoms in total. The van der Waals surface area contributed by atoms with Gasteiger partial charge in [-0.15, -0.1) is 0 Å². The molecule has 0 saturated heterocycles. The molecular formula is C18H22ClNO3. The molecule has 0 aliphatic heterocycles. The quantitative estimate of drug-likeness (QED) is 0.782. The summed E-state index contributed by atoms with van der Waals surface area (Å²) in [6.07, 6.45) is 0.580. The molecule has 1 atom stereocenters. The third-order valence-corrected chi connectivity index (χ3v) is 4.05. The second-order valence-electron chi connectivity index (χ2n) is 6.13. The van der Waals surface area contributed by atoms with Gasteiger partial charge in [-0.25, -0.2) is 0 Å². The molecule has 5 heteroatoms. The fourth-order valence-corrected chi connectivity index (χ4v) is 2.52. The highest BCUT2D eigenvalue weighted by atomic mass is 35.5. The van der Waals surface area contributed by atoms with Crippen molar-refractivity contribution in [3.05, 3.63) is 46.7 Å². The lowest BCUT2D eigenvalue weighted by Crippen LogP contribution is -2.37. The van der Waals surface area contributed by atoms with Gasteiger partial charge >= 0.3 is 5.97 Å². The van der Waals surface area contributed by atoms with Gasteiger partial charge in [0.05, 0.1) is 6.54 Å². The fourth-order valence-electron chi connectivity index (χ4n) is 2.34. The van der Waals surface area contributed by atoms with Gasteiger partial charge < -0.3 is 9.52 Å². The Kier molecular flexibility index (Phi) is 5.85. The summed E-state index contributed by atoms with van der Waals surface area (Å²) < 4.78 is 5.79. The summed E-state index contributed by atoms with van der Waals surface area (Å²) in [5.41, 5.74) is 1.92. The molecule has 0 amide bonds. The number of carbonyl (C=O) groups is 1. The van der Waals surface area contributed by atoms with E-state index < -0.39 is 12.0 Å². The van der Waals surface area contributed by atoms with Crippen LogP contribution in [-0.4, -0.2) is 17.1 Å². The average Bonchev–Trinajstić information content (AvgIpc) is 2.94. The lowest BCUT2D eigenvalue weighted by atomic mass is 10.0. The van der Waals surface area contributed by atoms with Gasteiger partial charge in [-0.2, -0.15) is 0 Å². The van der Waals surface area contributed by atoms with Crippen LogP contribution in [0.5, 0.6) is 0 Å². The Hall–Kier alpha value is -1.78. The van der Waals surface area contributed by atoms with Crippen LogP contribution >= 0.6 is 11.6 Å². The van der Waals surface area contributed by atoms with Crippen LogP contribution in [0.15, 0.2) is 34.7 Å². The van der Waals surface area contributed by atoms with E-state index in [1.165, 1.54) is 0 Å². The second-order valence-corrected chi connectivity index (χ2v) is 6.54. The van der Waals surface area contributed by atoms with E-state index in [0.29, 0.717) is 29.7 Å². The lowest BCUT2D eigenvalue weighted by molar-refractivity contribution is -0.140. The largest absolute Gasteiger partial charge is 0.480 e. The Bertz CT molecular complexity index is 679. The molecule has 0 aliphatic carbocycles. The monoisotopic (exact) mass is 335 g/mol. The van der Waals surface area contributed by atoms with Crippen LogP contribution < -0.4 is 5.32 Å². The topological polar surface area (TPSA) is 62.5 Å². The van der Waals surface area contributed by atoms with Gasteiger partial charge in [0.25, 0.3) is 0 Å². The number of nitrogens with one attached hydrogen (secondary N) is 1. The molecule has 124 valence electrons. The Balaban J connectivity index is 2.04. The number of rotatable bonds is 7. The van der Waals surface area contributed by atoms with E-state index in [4.69, 9.17) is 16.0 Å². The van der Waals surface area contributed by atoms with Crippen LogP contribution in [0.2, 0.25) is 5.02 Å². The third-order valence-electron chi connectivity index (χ3n) is 3.65. The molecule has 1 heterocycles. The highest BCUT2D eigenvalue weighted by Crippen LogP contribution is 2.27. The molecule has 2 aromatic rings. The number of hydrogen-bond donors (Lipinski definition) is 2. The van der Waals surface area contributed by atoms with Crippen LogP contribution in [0.1, 0.15) is 31.6 Å². The number of benzene rings is 1. The van der Waals surface area contributed by atoms with Crippen LogP contribution in [0, 0.1) is 12.8 Å².